The molecule has 1 aliphatic rings. The maximum absolute atomic E-state index is 10.2. The summed E-state index contributed by atoms with van der Waals surface area (Å²) in [5, 5.41) is 0. The Kier molecular flexibility index (Phi) is 4.45. The normalized spacial score (nSPS) is 18.4. The fourth-order valence-corrected chi connectivity index (χ4v) is 1.59. The van der Waals surface area contributed by atoms with Crippen molar-refractivity contribution in [2.75, 3.05) is 0 Å². The van der Waals surface area contributed by atoms with Gasteiger partial charge in [0.2, 0.25) is 0 Å². The molecule has 0 aromatic carbocycles. The standard InChI is InChI=1S/C6H14N2.C4H4N2O2/c7-6(8)4-2-1-3-5-6;7-3-1-2-5-4(8)6-3/h1-5,7-8H2;1-2H,(H2,5,6,7,8). The van der Waals surface area contributed by atoms with Gasteiger partial charge < -0.3 is 16.5 Å². The van der Waals surface area contributed by atoms with Crippen LogP contribution in [-0.4, -0.2) is 15.6 Å². The summed E-state index contributed by atoms with van der Waals surface area (Å²) < 4.78 is 0. The minimum Gasteiger partial charge on any atom is -0.314 e. The quantitative estimate of drug-likeness (QED) is 0.451. The molecule has 0 bridgehead atoms. The molecule has 1 aliphatic carbocycles. The second-order valence-electron chi connectivity index (χ2n) is 4.09. The minimum absolute atomic E-state index is 0.321. The van der Waals surface area contributed by atoms with Gasteiger partial charge in [0.1, 0.15) is 0 Å². The van der Waals surface area contributed by atoms with Gasteiger partial charge in [-0.25, -0.2) is 4.79 Å². The van der Waals surface area contributed by atoms with Gasteiger partial charge in [-0.1, -0.05) is 19.3 Å². The summed E-state index contributed by atoms with van der Waals surface area (Å²) in [6.45, 7) is 0. The van der Waals surface area contributed by atoms with E-state index in [2.05, 4.69) is 4.98 Å². The molecule has 0 saturated heterocycles. The third-order valence-electron chi connectivity index (χ3n) is 2.47. The van der Waals surface area contributed by atoms with Gasteiger partial charge in [0.15, 0.2) is 0 Å². The number of rotatable bonds is 0. The Morgan fingerprint density at radius 2 is 1.75 bits per heavy atom. The third-order valence-corrected chi connectivity index (χ3v) is 2.47. The Balaban J connectivity index is 0.000000160. The van der Waals surface area contributed by atoms with Crippen molar-refractivity contribution in [1.29, 1.82) is 0 Å². The highest BCUT2D eigenvalue weighted by Crippen LogP contribution is 2.20. The van der Waals surface area contributed by atoms with E-state index in [4.69, 9.17) is 11.5 Å². The van der Waals surface area contributed by atoms with E-state index in [1.807, 2.05) is 4.98 Å². The maximum Gasteiger partial charge on any atom is 0.325 e. The average molecular weight is 226 g/mol. The number of aromatic amines is 2. The molecule has 0 amide bonds. The van der Waals surface area contributed by atoms with E-state index in [1.165, 1.54) is 31.5 Å². The number of hydrogen-bond acceptors (Lipinski definition) is 4. The van der Waals surface area contributed by atoms with Crippen LogP contribution in [0.25, 0.3) is 0 Å². The largest absolute Gasteiger partial charge is 0.325 e. The van der Waals surface area contributed by atoms with Gasteiger partial charge in [-0.05, 0) is 12.8 Å². The lowest BCUT2D eigenvalue weighted by Gasteiger charge is -2.28. The van der Waals surface area contributed by atoms with Gasteiger partial charge in [0.25, 0.3) is 5.56 Å². The molecule has 1 heterocycles. The van der Waals surface area contributed by atoms with Crippen LogP contribution in [0.4, 0.5) is 0 Å². The maximum atomic E-state index is 10.2. The molecule has 6 N–H and O–H groups in total. The van der Waals surface area contributed by atoms with Crippen LogP contribution in [0.1, 0.15) is 32.1 Å². The molecule has 0 radical (unpaired) electrons. The van der Waals surface area contributed by atoms with Crippen molar-refractivity contribution >= 4 is 0 Å². The van der Waals surface area contributed by atoms with Crippen LogP contribution >= 0.6 is 0 Å². The van der Waals surface area contributed by atoms with Crippen LogP contribution in [0.3, 0.4) is 0 Å². The molecule has 1 aromatic rings. The summed E-state index contributed by atoms with van der Waals surface area (Å²) in [6, 6.07) is 1.24. The first-order valence-electron chi connectivity index (χ1n) is 5.35. The van der Waals surface area contributed by atoms with Crippen LogP contribution < -0.4 is 22.7 Å². The number of nitrogens with two attached hydrogens (primary N) is 2. The van der Waals surface area contributed by atoms with Gasteiger partial charge >= 0.3 is 5.69 Å². The summed E-state index contributed by atoms with van der Waals surface area (Å²) in [6.07, 6.45) is 7.05. The third kappa shape index (κ3) is 4.90. The molecule has 6 heteroatoms. The SMILES string of the molecule is NC1(N)CCCCC1.O=c1cc[nH]c(=O)[nH]1. The van der Waals surface area contributed by atoms with Crippen molar-refractivity contribution in [2.24, 2.45) is 11.5 Å². The Morgan fingerprint density at radius 1 is 1.12 bits per heavy atom. The van der Waals surface area contributed by atoms with Gasteiger partial charge in [0.05, 0.1) is 5.66 Å². The summed E-state index contributed by atoms with van der Waals surface area (Å²) in [5.74, 6) is 0. The molecule has 0 spiro atoms. The van der Waals surface area contributed by atoms with Crippen molar-refractivity contribution in [3.05, 3.63) is 33.1 Å². The second kappa shape index (κ2) is 5.62. The molecular formula is C10H18N4O2. The molecule has 0 atom stereocenters. The summed E-state index contributed by atoms with van der Waals surface area (Å²) in [5.41, 5.74) is 10.1. The van der Waals surface area contributed by atoms with E-state index in [0.29, 0.717) is 0 Å². The van der Waals surface area contributed by atoms with Crippen LogP contribution in [-0.2, 0) is 0 Å². The van der Waals surface area contributed by atoms with Crippen molar-refractivity contribution in [3.63, 3.8) is 0 Å². The summed E-state index contributed by atoms with van der Waals surface area (Å²) >= 11 is 0. The zero-order valence-corrected chi connectivity index (χ0v) is 9.16. The summed E-state index contributed by atoms with van der Waals surface area (Å²) in [7, 11) is 0. The van der Waals surface area contributed by atoms with Gasteiger partial charge in [-0.3, -0.25) is 9.78 Å². The number of H-pyrrole nitrogens is 2. The molecule has 1 aromatic heterocycles. The molecule has 2 rings (SSSR count). The topological polar surface area (TPSA) is 118 Å². The van der Waals surface area contributed by atoms with Crippen molar-refractivity contribution < 1.29 is 0 Å². The van der Waals surface area contributed by atoms with Gasteiger partial charge in [0, 0.05) is 12.3 Å². The fourth-order valence-electron chi connectivity index (χ4n) is 1.59. The van der Waals surface area contributed by atoms with Crippen LogP contribution in [0.5, 0.6) is 0 Å². The van der Waals surface area contributed by atoms with Crippen molar-refractivity contribution in [3.8, 4) is 0 Å². The Morgan fingerprint density at radius 3 is 2.06 bits per heavy atom. The molecule has 0 unspecified atom stereocenters. The minimum atomic E-state index is -0.475. The lowest BCUT2D eigenvalue weighted by atomic mass is 9.91. The first-order valence-corrected chi connectivity index (χ1v) is 5.35. The van der Waals surface area contributed by atoms with E-state index in [-0.39, 0.29) is 11.2 Å². The molecule has 90 valence electrons. The molecular weight excluding hydrogens is 208 g/mol. The van der Waals surface area contributed by atoms with Gasteiger partial charge in [-0.2, -0.15) is 0 Å². The molecule has 16 heavy (non-hydrogen) atoms. The first kappa shape index (κ1) is 12.7. The van der Waals surface area contributed by atoms with Crippen molar-refractivity contribution in [2.45, 2.75) is 37.8 Å². The molecule has 1 fully saturated rings. The van der Waals surface area contributed by atoms with Gasteiger partial charge in [-0.15, -0.1) is 0 Å². The Hall–Kier alpha value is -1.40. The average Bonchev–Trinajstić information content (AvgIpc) is 2.17. The van der Waals surface area contributed by atoms with E-state index in [0.717, 1.165) is 12.8 Å². The first-order chi connectivity index (χ1) is 7.49. The Labute approximate surface area is 93.1 Å². The molecule has 6 nitrogen and oxygen atoms in total. The molecule has 1 saturated carbocycles. The zero-order valence-electron chi connectivity index (χ0n) is 9.16. The predicted molar refractivity (Wildman–Crippen MR) is 61.9 cm³/mol. The van der Waals surface area contributed by atoms with E-state index in [1.54, 1.807) is 0 Å². The highest BCUT2D eigenvalue weighted by atomic mass is 16.2. The smallest absolute Gasteiger partial charge is 0.314 e. The monoisotopic (exact) mass is 226 g/mol. The number of nitrogens with one attached hydrogen (secondary N) is 2. The van der Waals surface area contributed by atoms with E-state index >= 15 is 0 Å². The zero-order chi connectivity index (χ0) is 12.0. The van der Waals surface area contributed by atoms with Crippen LogP contribution in [0.15, 0.2) is 21.9 Å². The number of aromatic nitrogens is 2. The Bertz CT molecular complexity index is 388. The van der Waals surface area contributed by atoms with Crippen molar-refractivity contribution in [1.82, 2.24) is 9.97 Å². The summed E-state index contributed by atoms with van der Waals surface area (Å²) in [4.78, 5) is 24.7. The number of hydrogen-bond donors (Lipinski definition) is 4. The molecule has 0 aliphatic heterocycles. The highest BCUT2D eigenvalue weighted by Gasteiger charge is 2.21. The predicted octanol–water partition coefficient (Wildman–Crippen LogP) is -0.373. The van der Waals surface area contributed by atoms with Crippen LogP contribution in [0.2, 0.25) is 0 Å². The van der Waals surface area contributed by atoms with Crippen LogP contribution in [0, 0.1) is 0 Å². The van der Waals surface area contributed by atoms with E-state index < -0.39 is 5.69 Å². The second-order valence-corrected chi connectivity index (χ2v) is 4.09. The lowest BCUT2D eigenvalue weighted by Crippen LogP contribution is -2.50. The lowest BCUT2D eigenvalue weighted by molar-refractivity contribution is 0.306. The highest BCUT2D eigenvalue weighted by molar-refractivity contribution is 4.80. The van der Waals surface area contributed by atoms with E-state index in [9.17, 15) is 9.59 Å². The fraction of sp³-hybridized carbons (Fsp3) is 0.600.